The lowest BCUT2D eigenvalue weighted by Gasteiger charge is -2.32. The molecule has 0 heterocycles. The van der Waals surface area contributed by atoms with Gasteiger partial charge >= 0.3 is 5.97 Å². The van der Waals surface area contributed by atoms with Crippen LogP contribution in [0.3, 0.4) is 0 Å². The van der Waals surface area contributed by atoms with Crippen LogP contribution in [0.25, 0.3) is 0 Å². The molecule has 2 atom stereocenters. The zero-order valence-corrected chi connectivity index (χ0v) is 16.5. The lowest BCUT2D eigenvalue weighted by molar-refractivity contribution is 0.0600. The van der Waals surface area contributed by atoms with Crippen LogP contribution in [0, 0.1) is 5.92 Å². The van der Waals surface area contributed by atoms with Gasteiger partial charge in [-0.3, -0.25) is 4.90 Å². The Morgan fingerprint density at radius 2 is 1.92 bits per heavy atom. The fourth-order valence-electron chi connectivity index (χ4n) is 2.92. The van der Waals surface area contributed by atoms with E-state index in [1.165, 1.54) is 12.7 Å². The van der Waals surface area contributed by atoms with Crippen LogP contribution in [0.15, 0.2) is 42.0 Å². The Balaban J connectivity index is 0.00000151. The normalized spacial score (nSPS) is 19.0. The third-order valence-corrected chi connectivity index (χ3v) is 4.27. The summed E-state index contributed by atoms with van der Waals surface area (Å²) in [6.45, 7) is 9.09. The molecule has 4 nitrogen and oxygen atoms in total. The predicted molar refractivity (Wildman–Crippen MR) is 103 cm³/mol. The number of carbonyl (C=O) groups excluding carboxylic acids is 1. The van der Waals surface area contributed by atoms with Gasteiger partial charge in [0, 0.05) is 18.2 Å². The molecule has 1 aromatic rings. The van der Waals surface area contributed by atoms with Crippen LogP contribution >= 0.6 is 0 Å². The highest BCUT2D eigenvalue weighted by Crippen LogP contribution is 2.26. The van der Waals surface area contributed by atoms with E-state index in [-0.39, 0.29) is 5.97 Å². The van der Waals surface area contributed by atoms with Gasteiger partial charge < -0.3 is 9.47 Å². The van der Waals surface area contributed by atoms with Crippen LogP contribution < -0.4 is 4.74 Å². The summed E-state index contributed by atoms with van der Waals surface area (Å²) in [6.07, 6.45) is 6.70. The summed E-state index contributed by atoms with van der Waals surface area (Å²) < 4.78 is 10.2. The second-order valence-corrected chi connectivity index (χ2v) is 6.05. The van der Waals surface area contributed by atoms with Gasteiger partial charge in [0.1, 0.15) is 5.75 Å². The molecule has 0 spiro atoms. The van der Waals surface area contributed by atoms with Crippen molar-refractivity contribution in [3.05, 3.63) is 53.1 Å². The van der Waals surface area contributed by atoms with E-state index in [0.29, 0.717) is 23.3 Å². The first-order chi connectivity index (χ1) is 12.0. The molecule has 0 amide bonds. The van der Waals surface area contributed by atoms with E-state index < -0.39 is 0 Å². The lowest BCUT2D eigenvalue weighted by atomic mass is 9.92. The maximum Gasteiger partial charge on any atom is 0.337 e. The molecule has 0 aliphatic heterocycles. The fraction of sp³-hybridized carbons (Fsp3) is 0.476. The van der Waals surface area contributed by atoms with Crippen LogP contribution in [-0.4, -0.2) is 38.2 Å². The standard InChI is InChI=1S/C19H25NO3.C2H6/c1-13-6-7-14(2)17(10-13)20(3)12-16-9-8-15(19(21)23-5)11-18(16)22-4;1-2/h6-11,14,17H,12H2,1-5H3;1-2H3. The summed E-state index contributed by atoms with van der Waals surface area (Å²) in [5.74, 6) is 0.816. The Labute approximate surface area is 152 Å². The molecule has 0 fully saturated rings. The van der Waals surface area contributed by atoms with Crippen LogP contribution in [0.4, 0.5) is 0 Å². The van der Waals surface area contributed by atoms with Gasteiger partial charge in [0.15, 0.2) is 0 Å². The minimum atomic E-state index is -0.354. The highest BCUT2D eigenvalue weighted by Gasteiger charge is 2.21. The molecule has 1 aliphatic carbocycles. The van der Waals surface area contributed by atoms with Crippen molar-refractivity contribution in [1.82, 2.24) is 4.90 Å². The Kier molecular flexibility index (Phi) is 8.42. The number of hydrogen-bond donors (Lipinski definition) is 0. The molecule has 0 N–H and O–H groups in total. The third kappa shape index (κ3) is 5.46. The zero-order chi connectivity index (χ0) is 19.0. The average molecular weight is 345 g/mol. The molecule has 2 unspecified atom stereocenters. The number of benzene rings is 1. The van der Waals surface area contributed by atoms with E-state index >= 15 is 0 Å². The molecule has 25 heavy (non-hydrogen) atoms. The van der Waals surface area contributed by atoms with Crippen molar-refractivity contribution in [2.75, 3.05) is 21.3 Å². The zero-order valence-electron chi connectivity index (χ0n) is 16.5. The summed E-state index contributed by atoms with van der Waals surface area (Å²) in [6, 6.07) is 5.80. The molecular weight excluding hydrogens is 314 g/mol. The van der Waals surface area contributed by atoms with Crippen molar-refractivity contribution in [2.45, 2.75) is 40.3 Å². The Hall–Kier alpha value is -2.07. The average Bonchev–Trinajstić information content (AvgIpc) is 2.64. The minimum Gasteiger partial charge on any atom is -0.496 e. The maximum atomic E-state index is 11.6. The van der Waals surface area contributed by atoms with Crippen LogP contribution in [-0.2, 0) is 11.3 Å². The van der Waals surface area contributed by atoms with Crippen LogP contribution in [0.2, 0.25) is 0 Å². The lowest BCUT2D eigenvalue weighted by Crippen LogP contribution is -2.35. The van der Waals surface area contributed by atoms with Gasteiger partial charge in [-0.2, -0.15) is 0 Å². The number of hydrogen-bond acceptors (Lipinski definition) is 4. The number of allylic oxidation sites excluding steroid dienone is 2. The molecule has 0 saturated carbocycles. The van der Waals surface area contributed by atoms with E-state index in [4.69, 9.17) is 9.47 Å². The van der Waals surface area contributed by atoms with Gasteiger partial charge in [-0.05, 0) is 32.0 Å². The van der Waals surface area contributed by atoms with Crippen molar-refractivity contribution >= 4 is 5.97 Å². The summed E-state index contributed by atoms with van der Waals surface area (Å²) in [4.78, 5) is 13.9. The van der Waals surface area contributed by atoms with Gasteiger partial charge in [-0.15, -0.1) is 0 Å². The highest BCUT2D eigenvalue weighted by molar-refractivity contribution is 5.89. The number of nitrogens with zero attached hydrogens (tertiary/aromatic N) is 1. The topological polar surface area (TPSA) is 38.8 Å². The van der Waals surface area contributed by atoms with Crippen molar-refractivity contribution in [1.29, 1.82) is 0 Å². The number of likely N-dealkylation sites (N-methyl/N-ethyl adjacent to an activating group) is 1. The molecule has 0 radical (unpaired) electrons. The first-order valence-corrected chi connectivity index (χ1v) is 8.78. The predicted octanol–water partition coefficient (Wildman–Crippen LogP) is 4.46. The summed E-state index contributed by atoms with van der Waals surface area (Å²) in [7, 11) is 5.11. The minimum absolute atomic E-state index is 0.352. The number of rotatable bonds is 5. The van der Waals surface area contributed by atoms with E-state index in [2.05, 4.69) is 44.0 Å². The summed E-state index contributed by atoms with van der Waals surface area (Å²) in [5.41, 5.74) is 2.84. The van der Waals surface area contributed by atoms with Gasteiger partial charge in [0.2, 0.25) is 0 Å². The number of ether oxygens (including phenoxy) is 2. The Morgan fingerprint density at radius 3 is 2.52 bits per heavy atom. The van der Waals surface area contributed by atoms with E-state index in [0.717, 1.165) is 12.1 Å². The second kappa shape index (κ2) is 10.0. The van der Waals surface area contributed by atoms with Crippen molar-refractivity contribution in [3.8, 4) is 5.75 Å². The monoisotopic (exact) mass is 345 g/mol. The molecule has 4 heteroatoms. The quantitative estimate of drug-likeness (QED) is 0.739. The largest absolute Gasteiger partial charge is 0.496 e. The van der Waals surface area contributed by atoms with Gasteiger partial charge in [-0.25, -0.2) is 4.79 Å². The third-order valence-electron chi connectivity index (χ3n) is 4.27. The molecular formula is C21H31NO3. The maximum absolute atomic E-state index is 11.6. The molecule has 0 saturated heterocycles. The highest BCUT2D eigenvalue weighted by atomic mass is 16.5. The van der Waals surface area contributed by atoms with Crippen LogP contribution in [0.1, 0.15) is 43.6 Å². The van der Waals surface area contributed by atoms with E-state index in [1.54, 1.807) is 19.2 Å². The Bertz CT molecular complexity index is 634. The molecule has 1 aromatic carbocycles. The first kappa shape index (κ1) is 21.0. The number of carbonyl (C=O) groups is 1. The number of esters is 1. The fourth-order valence-corrected chi connectivity index (χ4v) is 2.92. The number of methoxy groups -OCH3 is 2. The smallest absolute Gasteiger partial charge is 0.337 e. The van der Waals surface area contributed by atoms with Crippen molar-refractivity contribution in [2.24, 2.45) is 5.92 Å². The molecule has 138 valence electrons. The SMILES string of the molecule is CC.COC(=O)c1ccc(CN(C)C2C=C(C)C=CC2C)c(OC)c1. The van der Waals surface area contributed by atoms with Crippen molar-refractivity contribution < 1.29 is 14.3 Å². The Morgan fingerprint density at radius 1 is 1.24 bits per heavy atom. The van der Waals surface area contributed by atoms with Gasteiger partial charge in [-0.1, -0.05) is 50.6 Å². The van der Waals surface area contributed by atoms with Crippen molar-refractivity contribution in [3.63, 3.8) is 0 Å². The molecule has 0 aromatic heterocycles. The summed E-state index contributed by atoms with van der Waals surface area (Å²) in [5, 5.41) is 0. The second-order valence-electron chi connectivity index (χ2n) is 6.05. The van der Waals surface area contributed by atoms with E-state index in [1.807, 2.05) is 19.9 Å². The molecule has 2 rings (SSSR count). The van der Waals surface area contributed by atoms with Crippen LogP contribution in [0.5, 0.6) is 5.75 Å². The van der Waals surface area contributed by atoms with Gasteiger partial charge in [0.25, 0.3) is 0 Å². The first-order valence-electron chi connectivity index (χ1n) is 8.78. The molecule has 0 bridgehead atoms. The van der Waals surface area contributed by atoms with Gasteiger partial charge in [0.05, 0.1) is 19.8 Å². The molecule has 1 aliphatic rings. The van der Waals surface area contributed by atoms with E-state index in [9.17, 15) is 4.79 Å². The summed E-state index contributed by atoms with van der Waals surface area (Å²) >= 11 is 0.